The molecule has 0 bridgehead atoms. The van der Waals surface area contributed by atoms with E-state index in [1.807, 2.05) is 12.2 Å². The first-order valence-corrected chi connectivity index (χ1v) is 9.73. The zero-order valence-corrected chi connectivity index (χ0v) is 15.5. The van der Waals surface area contributed by atoms with Crippen molar-refractivity contribution in [2.24, 2.45) is 0 Å². The predicted octanol–water partition coefficient (Wildman–Crippen LogP) is 4.30. The lowest BCUT2D eigenvalue weighted by molar-refractivity contribution is -0.384. The Bertz CT molecular complexity index is 670. The number of rotatable bonds is 12. The minimum atomic E-state index is -3.70. The summed E-state index contributed by atoms with van der Waals surface area (Å²) in [5.74, 6) is 0. The average molecular weight is 366 g/mol. The van der Waals surface area contributed by atoms with Gasteiger partial charge in [-0.1, -0.05) is 12.2 Å². The minimum Gasteiger partial charge on any atom is -0.258 e. The zero-order valence-electron chi connectivity index (χ0n) is 14.6. The summed E-state index contributed by atoms with van der Waals surface area (Å²) in [5, 5.41) is 10.7. The molecule has 0 N–H and O–H groups in total. The van der Waals surface area contributed by atoms with Crippen molar-refractivity contribution in [1.82, 2.24) is 4.31 Å². The molecule has 0 heterocycles. The Morgan fingerprint density at radius 1 is 1.12 bits per heavy atom. The fourth-order valence-electron chi connectivity index (χ4n) is 2.61. The molecule has 0 radical (unpaired) electrons. The number of hydrogen-bond acceptors (Lipinski definition) is 4. The molecule has 0 amide bonds. The second-order valence-corrected chi connectivity index (χ2v) is 7.86. The number of sulfonamides is 1. The lowest BCUT2D eigenvalue weighted by Gasteiger charge is -2.27. The normalized spacial score (nSPS) is 11.6. The highest BCUT2D eigenvalue weighted by molar-refractivity contribution is 7.89. The summed E-state index contributed by atoms with van der Waals surface area (Å²) in [6.07, 6.45) is 8.53. The van der Waals surface area contributed by atoms with Crippen molar-refractivity contribution < 1.29 is 13.3 Å². The van der Waals surface area contributed by atoms with Crippen LogP contribution in [-0.4, -0.2) is 30.7 Å². The summed E-state index contributed by atoms with van der Waals surface area (Å²) in [6.45, 7) is 7.39. The topological polar surface area (TPSA) is 80.5 Å². The van der Waals surface area contributed by atoms with E-state index in [4.69, 9.17) is 0 Å². The number of benzene rings is 1. The molecule has 0 aromatic heterocycles. The van der Waals surface area contributed by atoms with Gasteiger partial charge in [0.2, 0.25) is 10.0 Å². The molecule has 0 spiro atoms. The lowest BCUT2D eigenvalue weighted by Crippen LogP contribution is -2.37. The Morgan fingerprint density at radius 2 is 1.60 bits per heavy atom. The van der Waals surface area contributed by atoms with Gasteiger partial charge in [0.15, 0.2) is 0 Å². The van der Waals surface area contributed by atoms with Gasteiger partial charge in [-0.25, -0.2) is 8.42 Å². The molecule has 0 aliphatic heterocycles. The highest BCUT2D eigenvalue weighted by atomic mass is 32.2. The molecular formula is C18H26N2O4S. The number of unbranched alkanes of at least 4 members (excludes halogenated alkanes) is 2. The van der Waals surface area contributed by atoms with Crippen molar-refractivity contribution in [3.05, 3.63) is 59.7 Å². The van der Waals surface area contributed by atoms with E-state index in [1.54, 1.807) is 7.05 Å². The van der Waals surface area contributed by atoms with Gasteiger partial charge in [-0.15, -0.1) is 13.2 Å². The maximum Gasteiger partial charge on any atom is 0.269 e. The molecular weight excluding hydrogens is 340 g/mol. The monoisotopic (exact) mass is 366 g/mol. The second kappa shape index (κ2) is 10.1. The molecule has 0 saturated heterocycles. The van der Waals surface area contributed by atoms with Gasteiger partial charge in [-0.3, -0.25) is 10.1 Å². The van der Waals surface area contributed by atoms with Crippen LogP contribution in [0.5, 0.6) is 0 Å². The van der Waals surface area contributed by atoms with Gasteiger partial charge in [0, 0.05) is 25.2 Å². The Morgan fingerprint density at radius 3 is 2.00 bits per heavy atom. The van der Waals surface area contributed by atoms with Crippen molar-refractivity contribution in [1.29, 1.82) is 0 Å². The fourth-order valence-corrected chi connectivity index (χ4v) is 4.02. The van der Waals surface area contributed by atoms with Crippen molar-refractivity contribution in [2.45, 2.75) is 49.5 Å². The predicted molar refractivity (Wildman–Crippen MR) is 99.9 cm³/mol. The highest BCUT2D eigenvalue weighted by Crippen LogP contribution is 2.24. The maximum absolute atomic E-state index is 12.8. The van der Waals surface area contributed by atoms with Crippen molar-refractivity contribution >= 4 is 15.7 Å². The van der Waals surface area contributed by atoms with E-state index in [9.17, 15) is 18.5 Å². The van der Waals surface area contributed by atoms with E-state index in [0.29, 0.717) is 0 Å². The number of hydrogen-bond donors (Lipinski definition) is 0. The van der Waals surface area contributed by atoms with Crippen molar-refractivity contribution in [2.75, 3.05) is 7.05 Å². The number of non-ortho nitro benzene ring substituents is 1. The van der Waals surface area contributed by atoms with Crippen LogP contribution in [0.15, 0.2) is 54.5 Å². The molecule has 0 aliphatic carbocycles. The SMILES string of the molecule is C=CCCCC(CCCC=C)N(C)S(=O)(=O)c1ccc([N+](=O)[O-])cc1. The Kier molecular flexibility index (Phi) is 8.51. The average Bonchev–Trinajstić information content (AvgIpc) is 2.60. The van der Waals surface area contributed by atoms with E-state index in [0.717, 1.165) is 38.5 Å². The molecule has 0 atom stereocenters. The molecule has 7 heteroatoms. The number of nitro benzene ring substituents is 1. The van der Waals surface area contributed by atoms with Crippen molar-refractivity contribution in [3.63, 3.8) is 0 Å². The zero-order chi connectivity index (χ0) is 18.9. The third-order valence-corrected chi connectivity index (χ3v) is 6.05. The van der Waals surface area contributed by atoms with E-state index in [-0.39, 0.29) is 16.6 Å². The van der Waals surface area contributed by atoms with Crippen LogP contribution in [0.4, 0.5) is 5.69 Å². The van der Waals surface area contributed by atoms with Gasteiger partial charge in [0.05, 0.1) is 9.82 Å². The number of nitrogens with zero attached hydrogens (tertiary/aromatic N) is 2. The van der Waals surface area contributed by atoms with Crippen LogP contribution >= 0.6 is 0 Å². The fraction of sp³-hybridized carbons (Fsp3) is 0.444. The first-order valence-electron chi connectivity index (χ1n) is 8.29. The number of allylic oxidation sites excluding steroid dienone is 2. The standard InChI is InChI=1S/C18H26N2O4S/c1-4-6-8-10-16(11-9-7-5-2)19(3)25(23,24)18-14-12-17(13-15-18)20(21)22/h4-5,12-16H,1-2,6-11H2,3H3. The van der Waals surface area contributed by atoms with E-state index >= 15 is 0 Å². The summed E-state index contributed by atoms with van der Waals surface area (Å²) >= 11 is 0. The van der Waals surface area contributed by atoms with Gasteiger partial charge in [0.25, 0.3) is 5.69 Å². The summed E-state index contributed by atoms with van der Waals surface area (Å²) in [4.78, 5) is 10.2. The molecule has 0 saturated carbocycles. The molecule has 0 aliphatic rings. The van der Waals surface area contributed by atoms with Crippen LogP contribution in [0.2, 0.25) is 0 Å². The Hall–Kier alpha value is -1.99. The molecule has 0 unspecified atom stereocenters. The van der Waals surface area contributed by atoms with Gasteiger partial charge >= 0.3 is 0 Å². The van der Waals surface area contributed by atoms with Crippen LogP contribution in [0.1, 0.15) is 38.5 Å². The summed E-state index contributed by atoms with van der Waals surface area (Å²) in [6, 6.07) is 4.87. The molecule has 0 fully saturated rings. The van der Waals surface area contributed by atoms with Crippen LogP contribution in [0, 0.1) is 10.1 Å². The highest BCUT2D eigenvalue weighted by Gasteiger charge is 2.27. The summed E-state index contributed by atoms with van der Waals surface area (Å²) in [5.41, 5.74) is -0.130. The van der Waals surface area contributed by atoms with Crippen LogP contribution in [-0.2, 0) is 10.0 Å². The van der Waals surface area contributed by atoms with E-state index in [2.05, 4.69) is 13.2 Å². The first kappa shape index (κ1) is 21.1. The van der Waals surface area contributed by atoms with Gasteiger partial charge in [-0.05, 0) is 50.7 Å². The maximum atomic E-state index is 12.8. The van der Waals surface area contributed by atoms with Crippen LogP contribution in [0.3, 0.4) is 0 Å². The minimum absolute atomic E-state index is 0.0676. The third kappa shape index (κ3) is 6.10. The third-order valence-electron chi connectivity index (χ3n) is 4.13. The largest absolute Gasteiger partial charge is 0.269 e. The summed E-state index contributed by atoms with van der Waals surface area (Å²) < 4.78 is 27.1. The van der Waals surface area contributed by atoms with Crippen molar-refractivity contribution in [3.8, 4) is 0 Å². The van der Waals surface area contributed by atoms with Gasteiger partial charge in [-0.2, -0.15) is 4.31 Å². The van der Waals surface area contributed by atoms with Crippen LogP contribution in [0.25, 0.3) is 0 Å². The second-order valence-electron chi connectivity index (χ2n) is 5.87. The van der Waals surface area contributed by atoms with Gasteiger partial charge < -0.3 is 0 Å². The van der Waals surface area contributed by atoms with Gasteiger partial charge in [0.1, 0.15) is 0 Å². The first-order chi connectivity index (χ1) is 11.8. The quantitative estimate of drug-likeness (QED) is 0.239. The molecule has 1 aromatic rings. The van der Waals surface area contributed by atoms with E-state index < -0.39 is 14.9 Å². The summed E-state index contributed by atoms with van der Waals surface area (Å²) in [7, 11) is -2.12. The number of nitro groups is 1. The molecule has 1 rings (SSSR count). The molecule has 1 aromatic carbocycles. The smallest absolute Gasteiger partial charge is 0.258 e. The van der Waals surface area contributed by atoms with Crippen LogP contribution < -0.4 is 0 Å². The molecule has 25 heavy (non-hydrogen) atoms. The Labute approximate surface area is 150 Å². The lowest BCUT2D eigenvalue weighted by atomic mass is 10.0. The van der Waals surface area contributed by atoms with E-state index in [1.165, 1.54) is 28.6 Å². The molecule has 138 valence electrons. The molecule has 6 nitrogen and oxygen atoms in total. The Balaban J connectivity index is 2.97.